The second kappa shape index (κ2) is 9.41. The Morgan fingerprint density at radius 3 is 1.32 bits per heavy atom. The van der Waals surface area contributed by atoms with Gasteiger partial charge in [-0.2, -0.15) is 0 Å². The fourth-order valence-electron chi connectivity index (χ4n) is 14.2. The van der Waals surface area contributed by atoms with Gasteiger partial charge in [-0.25, -0.2) is 0 Å². The molecule has 4 atom stereocenters. The first-order valence-electron chi connectivity index (χ1n) is 17.3. The molecule has 0 saturated heterocycles. The van der Waals surface area contributed by atoms with Crippen LogP contribution in [0.3, 0.4) is 0 Å². The van der Waals surface area contributed by atoms with E-state index in [2.05, 4.69) is 27.7 Å². The second-order valence-electron chi connectivity index (χ2n) is 17.2. The van der Waals surface area contributed by atoms with Crippen molar-refractivity contribution in [3.8, 4) is 0 Å². The molecule has 0 aromatic carbocycles. The van der Waals surface area contributed by atoms with Crippen molar-refractivity contribution in [2.45, 2.75) is 187 Å². The SMILES string of the molecule is CCCCC12CC3CC(CCCC)(C1)CC(C14CC5(Cl)CC(CCCC)(CC(CCCC)(C5)C1)C4)(C3)C2. The van der Waals surface area contributed by atoms with E-state index in [4.69, 9.17) is 11.6 Å². The lowest BCUT2D eigenvalue weighted by molar-refractivity contribution is -0.273. The monoisotopic (exact) mass is 528 g/mol. The van der Waals surface area contributed by atoms with Crippen LogP contribution in [-0.2, 0) is 0 Å². The number of hydrogen-bond donors (Lipinski definition) is 0. The summed E-state index contributed by atoms with van der Waals surface area (Å²) < 4.78 is 0. The normalized spacial score (nSPS) is 51.3. The molecule has 37 heavy (non-hydrogen) atoms. The molecule has 8 saturated carbocycles. The highest BCUT2D eigenvalue weighted by atomic mass is 35.5. The largest absolute Gasteiger partial charge is 0.119 e. The van der Waals surface area contributed by atoms with E-state index in [1.807, 2.05) is 0 Å². The molecule has 0 amide bonds. The van der Waals surface area contributed by atoms with Gasteiger partial charge in [-0.15, -0.1) is 11.6 Å². The third kappa shape index (κ3) is 4.42. The van der Waals surface area contributed by atoms with Gasteiger partial charge in [-0.1, -0.05) is 79.1 Å². The van der Waals surface area contributed by atoms with Gasteiger partial charge in [0.2, 0.25) is 0 Å². The zero-order valence-corrected chi connectivity index (χ0v) is 26.2. The van der Waals surface area contributed by atoms with Crippen molar-refractivity contribution in [2.24, 2.45) is 38.4 Å². The summed E-state index contributed by atoms with van der Waals surface area (Å²) in [5.74, 6) is 1.03. The molecule has 1 heteroatoms. The van der Waals surface area contributed by atoms with Crippen molar-refractivity contribution in [3.05, 3.63) is 0 Å². The van der Waals surface area contributed by atoms with Crippen molar-refractivity contribution in [2.75, 3.05) is 0 Å². The summed E-state index contributed by atoms with van der Waals surface area (Å²) >= 11 is 7.93. The predicted molar refractivity (Wildman–Crippen MR) is 160 cm³/mol. The van der Waals surface area contributed by atoms with E-state index < -0.39 is 0 Å². The van der Waals surface area contributed by atoms with Crippen LogP contribution in [0.2, 0.25) is 0 Å². The number of alkyl halides is 1. The molecule has 0 radical (unpaired) electrons. The Kier molecular flexibility index (Phi) is 6.99. The van der Waals surface area contributed by atoms with E-state index in [9.17, 15) is 0 Å². The number of halogens is 1. The van der Waals surface area contributed by atoms with Crippen LogP contribution < -0.4 is 0 Å². The van der Waals surface area contributed by atoms with Gasteiger partial charge in [0.1, 0.15) is 0 Å². The fourth-order valence-corrected chi connectivity index (χ4v) is 15.0. The van der Waals surface area contributed by atoms with Crippen LogP contribution in [0.4, 0.5) is 0 Å². The van der Waals surface area contributed by atoms with Crippen LogP contribution in [0.25, 0.3) is 0 Å². The van der Waals surface area contributed by atoms with Gasteiger partial charge >= 0.3 is 0 Å². The topological polar surface area (TPSA) is 0 Å². The van der Waals surface area contributed by atoms with E-state index in [0.717, 1.165) is 5.92 Å². The predicted octanol–water partition coefficient (Wildman–Crippen LogP) is 12.0. The molecule has 8 rings (SSSR count). The zero-order valence-electron chi connectivity index (χ0n) is 25.4. The smallest absolute Gasteiger partial charge is 0.0463 e. The maximum absolute atomic E-state index is 7.93. The molecular formula is C36H61Cl. The molecule has 8 aliphatic carbocycles. The maximum Gasteiger partial charge on any atom is 0.0463 e. The molecule has 0 heterocycles. The Bertz CT molecular complexity index is 792. The minimum atomic E-state index is 0.118. The Labute approximate surface area is 236 Å². The first-order valence-corrected chi connectivity index (χ1v) is 17.7. The summed E-state index contributed by atoms with van der Waals surface area (Å²) in [6, 6.07) is 0. The Balaban J connectivity index is 1.43. The van der Waals surface area contributed by atoms with E-state index >= 15 is 0 Å². The molecule has 0 aliphatic heterocycles. The lowest BCUT2D eigenvalue weighted by atomic mass is 9.27. The molecule has 0 aromatic rings. The van der Waals surface area contributed by atoms with E-state index in [0.29, 0.717) is 32.5 Å². The number of unbranched alkanes of at least 4 members (excludes halogenated alkanes) is 4. The fraction of sp³-hybridized carbons (Fsp3) is 1.00. The van der Waals surface area contributed by atoms with Crippen LogP contribution in [-0.4, -0.2) is 4.87 Å². The minimum absolute atomic E-state index is 0.118. The van der Waals surface area contributed by atoms with Gasteiger partial charge in [-0.3, -0.25) is 0 Å². The van der Waals surface area contributed by atoms with Crippen LogP contribution in [0, 0.1) is 38.4 Å². The second-order valence-corrected chi connectivity index (χ2v) is 18.0. The standard InChI is InChI=1S/C36H61Cl/c1-5-9-13-30-17-29-18-31(20-30,14-10-6-2)23-34(19-29,22-30)35-24-32(15-11-7-3)21-33(25-35,16-12-8-4)27-36(37,26-32)28-35/h29H,5-28H2,1-4H3. The van der Waals surface area contributed by atoms with Crippen molar-refractivity contribution in [1.29, 1.82) is 0 Å². The highest BCUT2D eigenvalue weighted by Crippen LogP contribution is 2.84. The first-order chi connectivity index (χ1) is 17.6. The Hall–Kier alpha value is 0.290. The molecule has 0 nitrogen and oxygen atoms in total. The summed E-state index contributed by atoms with van der Waals surface area (Å²) in [6.07, 6.45) is 35.7. The summed E-state index contributed by atoms with van der Waals surface area (Å²) in [7, 11) is 0. The van der Waals surface area contributed by atoms with Crippen LogP contribution in [0.5, 0.6) is 0 Å². The van der Waals surface area contributed by atoms with Gasteiger partial charge in [0.25, 0.3) is 0 Å². The molecule has 8 aliphatic rings. The van der Waals surface area contributed by atoms with Crippen LogP contribution >= 0.6 is 11.6 Å². The Morgan fingerprint density at radius 2 is 0.865 bits per heavy atom. The zero-order chi connectivity index (χ0) is 26.0. The van der Waals surface area contributed by atoms with E-state index in [-0.39, 0.29) is 4.87 Å². The number of rotatable bonds is 13. The average Bonchev–Trinajstić information content (AvgIpc) is 2.82. The maximum atomic E-state index is 7.93. The summed E-state index contributed by atoms with van der Waals surface area (Å²) in [5.41, 5.74) is 3.66. The summed E-state index contributed by atoms with van der Waals surface area (Å²) in [6.45, 7) is 9.73. The third-order valence-corrected chi connectivity index (χ3v) is 14.3. The van der Waals surface area contributed by atoms with Gasteiger partial charge in [0, 0.05) is 4.87 Å². The van der Waals surface area contributed by atoms with Crippen LogP contribution in [0.15, 0.2) is 0 Å². The Morgan fingerprint density at radius 1 is 0.459 bits per heavy atom. The first kappa shape index (κ1) is 27.5. The molecule has 8 bridgehead atoms. The minimum Gasteiger partial charge on any atom is -0.119 e. The third-order valence-electron chi connectivity index (χ3n) is 13.9. The van der Waals surface area contributed by atoms with Crippen molar-refractivity contribution in [1.82, 2.24) is 0 Å². The molecule has 0 spiro atoms. The van der Waals surface area contributed by atoms with Gasteiger partial charge in [0.15, 0.2) is 0 Å². The lowest BCUT2D eigenvalue weighted by Crippen LogP contribution is -2.70. The number of hydrogen-bond acceptors (Lipinski definition) is 0. The highest BCUT2D eigenvalue weighted by Gasteiger charge is 2.75. The van der Waals surface area contributed by atoms with E-state index in [1.54, 1.807) is 64.2 Å². The molecule has 8 fully saturated rings. The van der Waals surface area contributed by atoms with Crippen molar-refractivity contribution in [3.63, 3.8) is 0 Å². The average molecular weight is 529 g/mol. The lowest BCUT2D eigenvalue weighted by Gasteiger charge is -2.79. The van der Waals surface area contributed by atoms with Crippen molar-refractivity contribution >= 4 is 11.6 Å². The molecule has 212 valence electrons. The van der Waals surface area contributed by atoms with Crippen LogP contribution in [0.1, 0.15) is 182 Å². The summed E-state index contributed by atoms with van der Waals surface area (Å²) in [5, 5.41) is 0. The molecule has 4 unspecified atom stereocenters. The van der Waals surface area contributed by atoms with Crippen molar-refractivity contribution < 1.29 is 0 Å². The molecular weight excluding hydrogens is 468 g/mol. The van der Waals surface area contributed by atoms with Gasteiger partial charge in [-0.05, 0) is 141 Å². The van der Waals surface area contributed by atoms with Gasteiger partial charge < -0.3 is 0 Å². The highest BCUT2D eigenvalue weighted by molar-refractivity contribution is 6.24. The van der Waals surface area contributed by atoms with E-state index in [1.165, 1.54) is 89.9 Å². The van der Waals surface area contributed by atoms with Gasteiger partial charge in [0.05, 0.1) is 0 Å². The molecule has 0 aromatic heterocycles. The summed E-state index contributed by atoms with van der Waals surface area (Å²) in [4.78, 5) is 0.118. The molecule has 0 N–H and O–H groups in total. The quantitative estimate of drug-likeness (QED) is 0.208.